The molecule has 0 amide bonds. The number of nitrogens with two attached hydrogens (primary N) is 1. The number of nitrogens with zero attached hydrogens (tertiary/aromatic N) is 2. The zero-order valence-corrected chi connectivity index (χ0v) is 18.9. The van der Waals surface area contributed by atoms with E-state index in [1.165, 1.54) is 0 Å². The minimum absolute atomic E-state index is 0.0335. The lowest BCUT2D eigenvalue weighted by atomic mass is 9.80. The second-order valence-corrected chi connectivity index (χ2v) is 9.61. The smallest absolute Gasteiger partial charge is 0.283 e. The van der Waals surface area contributed by atoms with Gasteiger partial charge in [0.2, 0.25) is 0 Å². The average molecular weight is 440 g/mol. The fraction of sp³-hybridized carbons (Fsp3) is 0.259. The Morgan fingerprint density at radius 1 is 1.00 bits per heavy atom. The Hall–Kier alpha value is -3.98. The van der Waals surface area contributed by atoms with Crippen LogP contribution >= 0.6 is 0 Å². The van der Waals surface area contributed by atoms with Crippen molar-refractivity contribution in [1.29, 1.82) is 5.26 Å². The third-order valence-electron chi connectivity index (χ3n) is 5.79. The van der Waals surface area contributed by atoms with Crippen LogP contribution in [-0.4, -0.2) is 19.2 Å². The Morgan fingerprint density at radius 2 is 1.67 bits per heavy atom. The van der Waals surface area contributed by atoms with E-state index in [2.05, 4.69) is 32.9 Å². The Bertz CT molecular complexity index is 1300. The lowest BCUT2D eigenvalue weighted by molar-refractivity contribution is 0.197. The van der Waals surface area contributed by atoms with Gasteiger partial charge in [-0.2, -0.15) is 5.26 Å². The summed E-state index contributed by atoms with van der Waals surface area (Å²) in [6, 6.07) is 21.6. The van der Waals surface area contributed by atoms with Crippen LogP contribution in [0.3, 0.4) is 0 Å². The summed E-state index contributed by atoms with van der Waals surface area (Å²) in [6.07, 6.45) is 0. The number of fused-ring (bicyclic) bond motifs is 4. The Balaban J connectivity index is 1.61. The van der Waals surface area contributed by atoms with Crippen LogP contribution in [0.4, 0.5) is 0 Å². The van der Waals surface area contributed by atoms with E-state index >= 15 is 0 Å². The topological polar surface area (TPSA) is 89.9 Å². The molecule has 2 aliphatic rings. The van der Waals surface area contributed by atoms with E-state index < -0.39 is 5.54 Å². The number of ether oxygens (including phenoxy) is 3. The van der Waals surface area contributed by atoms with Crippen molar-refractivity contribution in [2.45, 2.75) is 26.3 Å². The molecule has 0 fully saturated rings. The molecule has 166 valence electrons. The zero-order chi connectivity index (χ0) is 23.2. The monoisotopic (exact) mass is 439 g/mol. The lowest BCUT2D eigenvalue weighted by Crippen LogP contribution is -2.31. The third kappa shape index (κ3) is 3.76. The van der Waals surface area contributed by atoms with Crippen molar-refractivity contribution < 1.29 is 14.2 Å². The molecule has 0 aromatic heterocycles. The highest BCUT2D eigenvalue weighted by atomic mass is 16.5. The molecule has 33 heavy (non-hydrogen) atoms. The van der Waals surface area contributed by atoms with Gasteiger partial charge in [0, 0.05) is 11.1 Å². The standard InChI is InChI=1S/C27H25N3O3/c1-26(2,3)15-31-20-9-11-24-22(13-20)27(16-32-25(29)30-27)21-12-19(8-10-23(21)33-24)18-6-4-17(14-28)5-7-18/h4-13H,15-16H2,1-3H3,(H2,29,30)/t27-/m0/s1. The summed E-state index contributed by atoms with van der Waals surface area (Å²) in [5.74, 6) is 2.17. The molecule has 0 radical (unpaired) electrons. The first-order chi connectivity index (χ1) is 15.8. The largest absolute Gasteiger partial charge is 0.493 e. The van der Waals surface area contributed by atoms with E-state index in [1.54, 1.807) is 0 Å². The maximum atomic E-state index is 9.10. The highest BCUT2D eigenvalue weighted by molar-refractivity contribution is 5.78. The van der Waals surface area contributed by atoms with E-state index in [-0.39, 0.29) is 18.0 Å². The molecule has 0 bridgehead atoms. The molecule has 0 aliphatic carbocycles. The number of benzene rings is 3. The fourth-order valence-electron chi connectivity index (χ4n) is 4.14. The van der Waals surface area contributed by atoms with Crippen LogP contribution < -0.4 is 15.2 Å². The van der Waals surface area contributed by atoms with Gasteiger partial charge in [0.25, 0.3) is 6.02 Å². The summed E-state index contributed by atoms with van der Waals surface area (Å²) >= 11 is 0. The van der Waals surface area contributed by atoms with Gasteiger partial charge < -0.3 is 19.9 Å². The van der Waals surface area contributed by atoms with Gasteiger partial charge in [0.1, 0.15) is 23.9 Å². The van der Waals surface area contributed by atoms with Crippen LogP contribution in [0.15, 0.2) is 65.7 Å². The van der Waals surface area contributed by atoms with Crippen molar-refractivity contribution in [2.75, 3.05) is 13.2 Å². The Labute approximate surface area is 193 Å². The predicted molar refractivity (Wildman–Crippen MR) is 126 cm³/mol. The second-order valence-electron chi connectivity index (χ2n) is 9.61. The molecule has 0 saturated carbocycles. The van der Waals surface area contributed by atoms with Crippen molar-refractivity contribution in [3.8, 4) is 34.4 Å². The normalized spacial score (nSPS) is 18.4. The van der Waals surface area contributed by atoms with Crippen LogP contribution in [0.5, 0.6) is 17.2 Å². The maximum absolute atomic E-state index is 9.10. The van der Waals surface area contributed by atoms with Crippen molar-refractivity contribution in [1.82, 2.24) is 0 Å². The molecule has 3 aromatic rings. The van der Waals surface area contributed by atoms with Gasteiger partial charge in [-0.15, -0.1) is 0 Å². The number of rotatable bonds is 3. The highest BCUT2D eigenvalue weighted by Crippen LogP contribution is 2.52. The van der Waals surface area contributed by atoms with Crippen molar-refractivity contribution in [2.24, 2.45) is 16.1 Å². The van der Waals surface area contributed by atoms with Crippen LogP contribution in [0.2, 0.25) is 0 Å². The molecule has 3 aromatic carbocycles. The molecule has 6 heteroatoms. The summed E-state index contributed by atoms with van der Waals surface area (Å²) in [4.78, 5) is 4.77. The summed E-state index contributed by atoms with van der Waals surface area (Å²) < 4.78 is 18.0. The Kier molecular flexibility index (Phi) is 4.79. The second kappa shape index (κ2) is 7.56. The van der Waals surface area contributed by atoms with Crippen molar-refractivity contribution in [3.05, 3.63) is 77.4 Å². The number of aliphatic imine (C=N–C) groups is 1. The van der Waals surface area contributed by atoms with E-state index in [0.717, 1.165) is 28.0 Å². The van der Waals surface area contributed by atoms with Gasteiger partial charge in [0.15, 0.2) is 5.54 Å². The summed E-state index contributed by atoms with van der Waals surface area (Å²) in [5, 5.41) is 9.10. The first kappa shape index (κ1) is 20.9. The van der Waals surface area contributed by atoms with Crippen LogP contribution in [0.25, 0.3) is 11.1 Å². The van der Waals surface area contributed by atoms with Gasteiger partial charge >= 0.3 is 0 Å². The first-order valence-electron chi connectivity index (χ1n) is 10.9. The van der Waals surface area contributed by atoms with E-state index in [4.69, 9.17) is 30.2 Å². The average Bonchev–Trinajstić information content (AvgIpc) is 3.20. The molecule has 2 N–H and O–H groups in total. The number of hydrogen-bond acceptors (Lipinski definition) is 6. The molecule has 5 rings (SSSR count). The quantitative estimate of drug-likeness (QED) is 0.595. The Morgan fingerprint density at radius 3 is 2.30 bits per heavy atom. The third-order valence-corrected chi connectivity index (χ3v) is 5.79. The zero-order valence-electron chi connectivity index (χ0n) is 18.9. The number of nitriles is 1. The molecule has 0 saturated heterocycles. The predicted octanol–water partition coefficient (Wildman–Crippen LogP) is 5.34. The van der Waals surface area contributed by atoms with Crippen LogP contribution in [0.1, 0.15) is 37.5 Å². The number of hydrogen-bond donors (Lipinski definition) is 1. The molecule has 1 spiro atoms. The van der Waals surface area contributed by atoms with Gasteiger partial charge in [-0.1, -0.05) is 39.0 Å². The maximum Gasteiger partial charge on any atom is 0.283 e. The van der Waals surface area contributed by atoms with Crippen LogP contribution in [0, 0.1) is 16.7 Å². The molecule has 6 nitrogen and oxygen atoms in total. The molecule has 2 aliphatic heterocycles. The van der Waals surface area contributed by atoms with Gasteiger partial charge in [0.05, 0.1) is 18.2 Å². The molecule has 1 atom stereocenters. The minimum Gasteiger partial charge on any atom is -0.493 e. The van der Waals surface area contributed by atoms with Crippen molar-refractivity contribution in [3.63, 3.8) is 0 Å². The minimum atomic E-state index is -0.823. The molecule has 2 heterocycles. The lowest BCUT2D eigenvalue weighted by Gasteiger charge is -2.34. The van der Waals surface area contributed by atoms with Crippen LogP contribution in [-0.2, 0) is 10.3 Å². The van der Waals surface area contributed by atoms with E-state index in [9.17, 15) is 0 Å². The number of amidine groups is 1. The molecule has 0 unspecified atom stereocenters. The fourth-order valence-corrected chi connectivity index (χ4v) is 4.14. The van der Waals surface area contributed by atoms with Crippen molar-refractivity contribution >= 4 is 6.02 Å². The SMILES string of the molecule is CC(C)(C)COc1ccc2c(c1)[C@]1(COC(N)=N1)c1cc(-c3ccc(C#N)cc3)ccc1O2. The van der Waals surface area contributed by atoms with E-state index in [1.807, 2.05) is 54.6 Å². The van der Waals surface area contributed by atoms with Gasteiger partial charge in [-0.25, -0.2) is 4.99 Å². The van der Waals surface area contributed by atoms with E-state index in [0.29, 0.717) is 23.7 Å². The molecular weight excluding hydrogens is 414 g/mol. The highest BCUT2D eigenvalue weighted by Gasteiger charge is 2.47. The summed E-state index contributed by atoms with van der Waals surface area (Å²) in [7, 11) is 0. The van der Waals surface area contributed by atoms with Gasteiger partial charge in [-0.3, -0.25) is 0 Å². The molecular formula is C27H25N3O3. The van der Waals surface area contributed by atoms with Gasteiger partial charge in [-0.05, 0) is 59.0 Å². The summed E-state index contributed by atoms with van der Waals surface area (Å²) in [5.41, 5.74) is 9.57. The first-order valence-corrected chi connectivity index (χ1v) is 10.9. The summed E-state index contributed by atoms with van der Waals surface area (Å²) in [6.45, 7) is 7.26.